The second-order valence-electron chi connectivity index (χ2n) is 6.43. The monoisotopic (exact) mass is 347 g/mol. The predicted octanol–water partition coefficient (Wildman–Crippen LogP) is -0.993. The Morgan fingerprint density at radius 1 is 1.20 bits per heavy atom. The summed E-state index contributed by atoms with van der Waals surface area (Å²) in [6.07, 6.45) is 1.33. The van der Waals surface area contributed by atoms with Crippen LogP contribution in [-0.2, 0) is 14.4 Å². The quantitative estimate of drug-likeness (QED) is 0.410. The Bertz CT molecular complexity index is 725. The van der Waals surface area contributed by atoms with Crippen LogP contribution < -0.4 is 15.5 Å². The molecule has 2 fully saturated rings. The SMILES string of the molecule is NC(=O)C1CC[NH+]([C@@H]2CC(=O)N(c3ccc([N+](=O)[O-])cc3)C2=O)CC1. The van der Waals surface area contributed by atoms with Crippen molar-refractivity contribution in [3.05, 3.63) is 34.4 Å². The number of carbonyl (C=O) groups excluding carboxylic acids is 3. The van der Waals surface area contributed by atoms with Gasteiger partial charge in [0.1, 0.15) is 0 Å². The second kappa shape index (κ2) is 6.60. The van der Waals surface area contributed by atoms with Crippen LogP contribution in [0.3, 0.4) is 0 Å². The van der Waals surface area contributed by atoms with Crippen molar-refractivity contribution < 1.29 is 24.2 Å². The predicted molar refractivity (Wildman–Crippen MR) is 86.6 cm³/mol. The van der Waals surface area contributed by atoms with E-state index in [1.807, 2.05) is 0 Å². The number of nitro benzene ring substituents is 1. The lowest BCUT2D eigenvalue weighted by Gasteiger charge is -2.30. The maximum atomic E-state index is 12.7. The van der Waals surface area contributed by atoms with Crippen LogP contribution in [-0.4, -0.2) is 41.8 Å². The van der Waals surface area contributed by atoms with Gasteiger partial charge in [-0.15, -0.1) is 0 Å². The van der Waals surface area contributed by atoms with Gasteiger partial charge in [-0.05, 0) is 12.1 Å². The zero-order valence-corrected chi connectivity index (χ0v) is 13.5. The Hall–Kier alpha value is -2.81. The Balaban J connectivity index is 1.72. The van der Waals surface area contributed by atoms with Crippen molar-refractivity contribution in [2.24, 2.45) is 11.7 Å². The lowest BCUT2D eigenvalue weighted by Crippen LogP contribution is -3.17. The first-order valence-electron chi connectivity index (χ1n) is 8.13. The van der Waals surface area contributed by atoms with Gasteiger partial charge in [-0.25, -0.2) is 4.90 Å². The van der Waals surface area contributed by atoms with Crippen molar-refractivity contribution in [2.75, 3.05) is 18.0 Å². The maximum Gasteiger partial charge on any atom is 0.292 e. The molecule has 132 valence electrons. The van der Waals surface area contributed by atoms with Crippen LogP contribution in [0.2, 0.25) is 0 Å². The average molecular weight is 347 g/mol. The second-order valence-corrected chi connectivity index (χ2v) is 6.43. The third-order valence-electron chi connectivity index (χ3n) is 4.99. The Morgan fingerprint density at radius 2 is 1.80 bits per heavy atom. The molecule has 0 spiro atoms. The summed E-state index contributed by atoms with van der Waals surface area (Å²) >= 11 is 0. The Kier molecular flexibility index (Phi) is 4.49. The van der Waals surface area contributed by atoms with Gasteiger partial charge >= 0.3 is 0 Å². The maximum absolute atomic E-state index is 12.7. The molecular formula is C16H19N4O5+. The topological polar surface area (TPSA) is 128 Å². The molecule has 3 N–H and O–H groups in total. The number of rotatable bonds is 4. The average Bonchev–Trinajstić information content (AvgIpc) is 2.89. The summed E-state index contributed by atoms with van der Waals surface area (Å²) in [7, 11) is 0. The van der Waals surface area contributed by atoms with Crippen molar-refractivity contribution in [3.8, 4) is 0 Å². The number of likely N-dealkylation sites (tertiary alicyclic amines) is 1. The number of non-ortho nitro benzene ring substituents is 1. The van der Waals surface area contributed by atoms with E-state index in [0.29, 0.717) is 31.6 Å². The minimum atomic E-state index is -0.534. The zero-order chi connectivity index (χ0) is 18.1. The van der Waals surface area contributed by atoms with E-state index < -0.39 is 11.0 Å². The van der Waals surface area contributed by atoms with Crippen LogP contribution in [0.1, 0.15) is 19.3 Å². The number of carbonyl (C=O) groups is 3. The number of hydrogen-bond acceptors (Lipinski definition) is 5. The number of quaternary nitrogens is 1. The van der Waals surface area contributed by atoms with E-state index in [4.69, 9.17) is 5.73 Å². The number of hydrogen-bond donors (Lipinski definition) is 2. The van der Waals surface area contributed by atoms with Gasteiger partial charge in [0, 0.05) is 30.9 Å². The van der Waals surface area contributed by atoms with Crippen LogP contribution in [0.15, 0.2) is 24.3 Å². The molecule has 0 bridgehead atoms. The summed E-state index contributed by atoms with van der Waals surface area (Å²) in [5, 5.41) is 10.7. The van der Waals surface area contributed by atoms with E-state index in [9.17, 15) is 24.5 Å². The van der Waals surface area contributed by atoms with Gasteiger partial charge in [0.2, 0.25) is 11.8 Å². The Morgan fingerprint density at radius 3 is 2.32 bits per heavy atom. The first kappa shape index (κ1) is 17.0. The van der Waals surface area contributed by atoms with Crippen molar-refractivity contribution in [3.63, 3.8) is 0 Å². The number of nitrogens with zero attached hydrogens (tertiary/aromatic N) is 2. The molecule has 3 rings (SSSR count). The van der Waals surface area contributed by atoms with Crippen molar-refractivity contribution >= 4 is 29.1 Å². The number of piperidine rings is 1. The molecule has 2 aliphatic heterocycles. The van der Waals surface area contributed by atoms with Crippen molar-refractivity contribution in [1.82, 2.24) is 0 Å². The summed E-state index contributed by atoms with van der Waals surface area (Å²) in [4.78, 5) is 48.5. The highest BCUT2D eigenvalue weighted by molar-refractivity contribution is 6.21. The van der Waals surface area contributed by atoms with Crippen LogP contribution in [0.5, 0.6) is 0 Å². The van der Waals surface area contributed by atoms with E-state index in [1.54, 1.807) is 0 Å². The fraction of sp³-hybridized carbons (Fsp3) is 0.438. The summed E-state index contributed by atoms with van der Waals surface area (Å²) < 4.78 is 0. The highest BCUT2D eigenvalue weighted by Gasteiger charge is 2.46. The van der Waals surface area contributed by atoms with Crippen LogP contribution in [0.25, 0.3) is 0 Å². The van der Waals surface area contributed by atoms with Gasteiger partial charge in [0.25, 0.3) is 11.6 Å². The molecule has 1 aromatic carbocycles. The van der Waals surface area contributed by atoms with Crippen LogP contribution in [0, 0.1) is 16.0 Å². The number of imide groups is 1. The number of nitrogens with one attached hydrogen (secondary N) is 1. The molecule has 25 heavy (non-hydrogen) atoms. The van der Waals surface area contributed by atoms with Gasteiger partial charge in [-0.1, -0.05) is 0 Å². The summed E-state index contributed by atoms with van der Waals surface area (Å²) in [5.74, 6) is -1.10. The zero-order valence-electron chi connectivity index (χ0n) is 13.5. The lowest BCUT2D eigenvalue weighted by atomic mass is 9.95. The first-order valence-corrected chi connectivity index (χ1v) is 8.13. The summed E-state index contributed by atoms with van der Waals surface area (Å²) in [6.45, 7) is 1.23. The molecule has 2 aliphatic rings. The summed E-state index contributed by atoms with van der Waals surface area (Å²) in [5.41, 5.74) is 5.57. The summed E-state index contributed by atoms with van der Waals surface area (Å²) in [6, 6.07) is 4.88. The van der Waals surface area contributed by atoms with Crippen LogP contribution >= 0.6 is 0 Å². The minimum Gasteiger partial charge on any atom is -0.369 e. The minimum absolute atomic E-state index is 0.0986. The van der Waals surface area contributed by atoms with E-state index in [-0.39, 0.29) is 35.7 Å². The molecule has 0 aliphatic carbocycles. The smallest absolute Gasteiger partial charge is 0.292 e. The standard InChI is InChI=1S/C16H18N4O5/c17-15(22)10-5-7-18(8-6-10)13-9-14(21)19(16(13)23)11-1-3-12(4-2-11)20(24)25/h1-4,10,13H,5-9H2,(H2,17,22)/p+1/t13-/m1/s1. The molecule has 1 aromatic rings. The number of anilines is 1. The molecule has 0 saturated carbocycles. The van der Waals surface area contributed by atoms with E-state index >= 15 is 0 Å². The molecular weight excluding hydrogens is 328 g/mol. The molecule has 0 aromatic heterocycles. The van der Waals surface area contributed by atoms with Crippen LogP contribution in [0.4, 0.5) is 11.4 Å². The van der Waals surface area contributed by atoms with E-state index in [2.05, 4.69) is 0 Å². The third kappa shape index (κ3) is 3.22. The third-order valence-corrected chi connectivity index (χ3v) is 4.99. The molecule has 1 atom stereocenters. The molecule has 0 radical (unpaired) electrons. The van der Waals surface area contributed by atoms with Gasteiger partial charge < -0.3 is 10.6 Å². The molecule has 2 saturated heterocycles. The number of amides is 3. The molecule has 9 nitrogen and oxygen atoms in total. The van der Waals surface area contributed by atoms with E-state index in [0.717, 1.165) is 9.80 Å². The lowest BCUT2D eigenvalue weighted by molar-refractivity contribution is -0.920. The first-order chi connectivity index (χ1) is 11.9. The molecule has 3 amide bonds. The van der Waals surface area contributed by atoms with Crippen molar-refractivity contribution in [1.29, 1.82) is 0 Å². The van der Waals surface area contributed by atoms with Gasteiger partial charge in [-0.3, -0.25) is 24.5 Å². The van der Waals surface area contributed by atoms with E-state index in [1.165, 1.54) is 24.3 Å². The van der Waals surface area contributed by atoms with Gasteiger partial charge in [-0.2, -0.15) is 0 Å². The Labute approximate surface area is 143 Å². The number of benzene rings is 1. The highest BCUT2D eigenvalue weighted by atomic mass is 16.6. The fourth-order valence-electron chi connectivity index (χ4n) is 3.57. The fourth-order valence-corrected chi connectivity index (χ4v) is 3.57. The van der Waals surface area contributed by atoms with Gasteiger partial charge in [0.15, 0.2) is 6.04 Å². The van der Waals surface area contributed by atoms with Crippen molar-refractivity contribution in [2.45, 2.75) is 25.3 Å². The number of primary amides is 1. The van der Waals surface area contributed by atoms with Gasteiger partial charge in [0.05, 0.1) is 30.1 Å². The molecule has 0 unspecified atom stereocenters. The normalized spacial score (nSPS) is 26.7. The molecule has 2 heterocycles. The number of nitro groups is 1. The largest absolute Gasteiger partial charge is 0.369 e. The molecule has 9 heteroatoms. The highest BCUT2D eigenvalue weighted by Crippen LogP contribution is 2.24. The number of nitrogens with two attached hydrogens (primary N) is 1.